The summed E-state index contributed by atoms with van der Waals surface area (Å²) in [6.07, 6.45) is 0.602. The highest BCUT2D eigenvalue weighted by atomic mass is 35.5. The summed E-state index contributed by atoms with van der Waals surface area (Å²) in [6, 6.07) is 14.6. The molecule has 0 unspecified atom stereocenters. The van der Waals surface area contributed by atoms with Crippen LogP contribution in [0, 0.1) is 5.89 Å². The third-order valence-corrected chi connectivity index (χ3v) is 5.24. The molecule has 1 atom stereocenters. The van der Waals surface area contributed by atoms with E-state index >= 15 is 0 Å². The lowest BCUT2D eigenvalue weighted by Crippen LogP contribution is -2.38. The highest BCUT2D eigenvalue weighted by Crippen LogP contribution is 2.36. The quantitative estimate of drug-likeness (QED) is 0.364. The lowest BCUT2D eigenvalue weighted by atomic mass is 9.86. The summed E-state index contributed by atoms with van der Waals surface area (Å²) in [5.41, 5.74) is 1.95. The molecule has 0 saturated heterocycles. The number of hydrogen-bond acceptors (Lipinski definition) is 4. The third-order valence-electron chi connectivity index (χ3n) is 5.24. The van der Waals surface area contributed by atoms with Gasteiger partial charge in [-0.3, -0.25) is 9.69 Å². The van der Waals surface area contributed by atoms with E-state index in [1.165, 1.54) is 12.1 Å². The van der Waals surface area contributed by atoms with Crippen LogP contribution in [0.25, 0.3) is 0 Å². The maximum atomic E-state index is 13.1. The highest BCUT2D eigenvalue weighted by molar-refractivity contribution is 5.85. The number of esters is 1. The number of rotatable bonds is 10. The Labute approximate surface area is 203 Å². The molecule has 0 spiro atoms. The molecule has 2 aromatic rings. The Hall–Kier alpha value is -1.88. The minimum Gasteiger partial charge on any atom is -0.426 e. The van der Waals surface area contributed by atoms with Crippen molar-refractivity contribution in [2.45, 2.75) is 72.4 Å². The molecule has 0 aliphatic rings. The van der Waals surface area contributed by atoms with Crippen molar-refractivity contribution in [1.82, 2.24) is 4.90 Å². The molecule has 5 heteroatoms. The predicted octanol–water partition coefficient (Wildman–Crippen LogP) is 5.80. The summed E-state index contributed by atoms with van der Waals surface area (Å²) < 4.78 is 59.3. The zero-order valence-electron chi connectivity index (χ0n) is 25.6. The van der Waals surface area contributed by atoms with E-state index in [1.807, 2.05) is 30.3 Å². The zero-order chi connectivity index (χ0) is 28.2. The van der Waals surface area contributed by atoms with Crippen LogP contribution < -0.4 is 4.74 Å². The highest BCUT2D eigenvalue weighted by Gasteiger charge is 2.23. The summed E-state index contributed by atoms with van der Waals surface area (Å²) in [7, 11) is 0. The maximum Gasteiger partial charge on any atom is 0.313 e. The second-order valence-corrected chi connectivity index (χ2v) is 7.97. The number of carbonyl (C=O) groups excluding carboxylic acids is 1. The molecule has 0 aliphatic carbocycles. The van der Waals surface area contributed by atoms with Crippen molar-refractivity contribution in [2.75, 3.05) is 6.54 Å². The maximum absolute atomic E-state index is 13.1. The van der Waals surface area contributed by atoms with Crippen molar-refractivity contribution < 1.29 is 24.2 Å². The van der Waals surface area contributed by atoms with E-state index in [-0.39, 0.29) is 42.8 Å². The van der Waals surface area contributed by atoms with Crippen LogP contribution in [0.3, 0.4) is 0 Å². The van der Waals surface area contributed by atoms with Gasteiger partial charge in [-0.25, -0.2) is 0 Å². The number of hydrogen-bond donors (Lipinski definition) is 1. The molecule has 0 amide bonds. The topological polar surface area (TPSA) is 49.8 Å². The SMILES string of the molecule is Cl.[2H]C([2H])([2H])C([2H])(C(=O)Oc1ccc(CO)cc1[C@H](CCN(C(C)C)C(C)C)c1ccccc1)C([2H])([2H])[2H]. The van der Waals surface area contributed by atoms with Crippen LogP contribution in [0.2, 0.25) is 0 Å². The van der Waals surface area contributed by atoms with E-state index in [1.54, 1.807) is 6.07 Å². The van der Waals surface area contributed by atoms with Crippen molar-refractivity contribution in [2.24, 2.45) is 5.89 Å². The normalized spacial score (nSPS) is 16.8. The van der Waals surface area contributed by atoms with Gasteiger partial charge in [0.25, 0.3) is 0 Å². The fraction of sp³-hybridized carbons (Fsp3) is 0.500. The fourth-order valence-electron chi connectivity index (χ4n) is 3.79. The van der Waals surface area contributed by atoms with Crippen molar-refractivity contribution in [3.63, 3.8) is 0 Å². The van der Waals surface area contributed by atoms with E-state index in [0.717, 1.165) is 5.56 Å². The van der Waals surface area contributed by atoms with Gasteiger partial charge in [0.05, 0.1) is 12.5 Å². The molecule has 1 N–H and O–H groups in total. The minimum atomic E-state index is -3.47. The largest absolute Gasteiger partial charge is 0.426 e. The molecule has 0 aromatic heterocycles. The molecule has 0 aliphatic heterocycles. The first kappa shape index (κ1) is 17.6. The first-order valence-corrected chi connectivity index (χ1v) is 10.3. The molecule has 4 nitrogen and oxygen atoms in total. The molecular formula is C26H38ClNO3. The van der Waals surface area contributed by atoms with Crippen LogP contribution >= 0.6 is 12.4 Å². The van der Waals surface area contributed by atoms with Gasteiger partial charge in [0, 0.05) is 33.2 Å². The number of benzene rings is 2. The summed E-state index contributed by atoms with van der Waals surface area (Å²) in [5.74, 6) is -5.51. The van der Waals surface area contributed by atoms with Gasteiger partial charge in [-0.15, -0.1) is 12.4 Å². The lowest BCUT2D eigenvalue weighted by molar-refractivity contribution is -0.137. The first-order valence-electron chi connectivity index (χ1n) is 13.8. The molecule has 0 saturated carbocycles. The molecule has 0 heterocycles. The van der Waals surface area contributed by atoms with Crippen molar-refractivity contribution >= 4 is 18.4 Å². The smallest absolute Gasteiger partial charge is 0.313 e. The Balaban J connectivity index is 0.00000722. The molecule has 31 heavy (non-hydrogen) atoms. The van der Waals surface area contributed by atoms with Gasteiger partial charge in [-0.2, -0.15) is 0 Å². The zero-order valence-corrected chi connectivity index (χ0v) is 19.4. The average molecular weight is 455 g/mol. The predicted molar refractivity (Wildman–Crippen MR) is 130 cm³/mol. The van der Waals surface area contributed by atoms with E-state index in [0.29, 0.717) is 24.1 Å². The number of aliphatic hydroxyl groups is 1. The Kier molecular flexibility index (Phi) is 7.32. The number of halogens is 1. The van der Waals surface area contributed by atoms with Gasteiger partial charge >= 0.3 is 5.97 Å². The number of carbonyl (C=O) groups is 1. The van der Waals surface area contributed by atoms with Crippen LogP contribution in [0.5, 0.6) is 5.75 Å². The minimum absolute atomic E-state index is 0. The van der Waals surface area contributed by atoms with Gasteiger partial charge in [-0.1, -0.05) is 50.1 Å². The monoisotopic (exact) mass is 454 g/mol. The van der Waals surface area contributed by atoms with Gasteiger partial charge in [0.1, 0.15) is 5.75 Å². The number of nitrogens with zero attached hydrogens (tertiary/aromatic N) is 1. The lowest BCUT2D eigenvalue weighted by Gasteiger charge is -2.32. The van der Waals surface area contributed by atoms with Crippen LogP contribution in [0.4, 0.5) is 0 Å². The molecule has 2 rings (SSSR count). The Morgan fingerprint density at radius 3 is 2.29 bits per heavy atom. The van der Waals surface area contributed by atoms with E-state index in [2.05, 4.69) is 32.6 Å². The Bertz CT molecular complexity index is 1020. The van der Waals surface area contributed by atoms with E-state index in [9.17, 15) is 9.90 Å². The standard InChI is InChI=1S/C26H37NO3.ClH/c1-18(2)26(29)30-25-13-12-21(17-28)16-24(25)23(22-10-8-7-9-11-22)14-15-27(19(3)4)20(5)6;/h7-13,16,18-20,23,28H,14-15,17H2,1-6H3;1H/t23-;/m1./s1/i1D3,2D3,18D;. The van der Waals surface area contributed by atoms with Gasteiger partial charge in [-0.05, 0) is 63.9 Å². The first-order chi connectivity index (χ1) is 17.0. The third kappa shape index (κ3) is 7.64. The van der Waals surface area contributed by atoms with Crippen LogP contribution in [0.1, 0.15) is 80.0 Å². The van der Waals surface area contributed by atoms with Crippen molar-refractivity contribution in [3.05, 3.63) is 65.2 Å². The van der Waals surface area contributed by atoms with Gasteiger partial charge in [0.2, 0.25) is 0 Å². The van der Waals surface area contributed by atoms with Crippen LogP contribution in [0.15, 0.2) is 48.5 Å². The molecular weight excluding hydrogens is 410 g/mol. The molecule has 0 radical (unpaired) electrons. The molecule has 172 valence electrons. The summed E-state index contributed by atoms with van der Waals surface area (Å²) in [4.78, 5) is 15.4. The second-order valence-electron chi connectivity index (χ2n) is 7.97. The second kappa shape index (κ2) is 12.8. The van der Waals surface area contributed by atoms with Crippen LogP contribution in [-0.4, -0.2) is 34.6 Å². The van der Waals surface area contributed by atoms with Gasteiger partial charge < -0.3 is 9.84 Å². The molecule has 2 aromatic carbocycles. The Morgan fingerprint density at radius 1 is 1.10 bits per heavy atom. The fourth-order valence-corrected chi connectivity index (χ4v) is 3.79. The number of aliphatic hydroxyl groups excluding tert-OH is 1. The van der Waals surface area contributed by atoms with Crippen molar-refractivity contribution in [1.29, 1.82) is 0 Å². The molecule has 0 bridgehead atoms. The van der Waals surface area contributed by atoms with Crippen LogP contribution in [-0.2, 0) is 11.4 Å². The number of ether oxygens (including phenoxy) is 1. The average Bonchev–Trinajstić information content (AvgIpc) is 2.80. The summed E-state index contributed by atoms with van der Waals surface area (Å²) in [5, 5.41) is 9.80. The summed E-state index contributed by atoms with van der Waals surface area (Å²) in [6.45, 7) is 1.94. The van der Waals surface area contributed by atoms with Crippen molar-refractivity contribution in [3.8, 4) is 5.75 Å². The molecule has 0 fully saturated rings. The van der Waals surface area contributed by atoms with E-state index in [4.69, 9.17) is 14.3 Å². The van der Waals surface area contributed by atoms with Gasteiger partial charge in [0.15, 0.2) is 0 Å². The Morgan fingerprint density at radius 2 is 1.74 bits per heavy atom. The van der Waals surface area contributed by atoms with E-state index < -0.39 is 25.6 Å². The summed E-state index contributed by atoms with van der Waals surface area (Å²) >= 11 is 0.